The summed E-state index contributed by atoms with van der Waals surface area (Å²) in [7, 11) is 2.09. The van der Waals surface area contributed by atoms with Crippen LogP contribution < -0.4 is 10.6 Å². The fourth-order valence-electron chi connectivity index (χ4n) is 2.49. The summed E-state index contributed by atoms with van der Waals surface area (Å²) >= 11 is 0. The van der Waals surface area contributed by atoms with Crippen molar-refractivity contribution in [1.82, 2.24) is 4.90 Å². The Morgan fingerprint density at radius 3 is 2.70 bits per heavy atom. The molecule has 1 aliphatic rings. The predicted octanol–water partition coefficient (Wildman–Crippen LogP) is 1.45. The summed E-state index contributed by atoms with van der Waals surface area (Å²) in [4.78, 5) is 4.43. The second-order valence-electron chi connectivity index (χ2n) is 5.80. The number of nitrogens with zero attached hydrogens (tertiary/aromatic N) is 3. The maximum atomic E-state index is 13.4. The highest BCUT2D eigenvalue weighted by atomic mass is 19.1. The van der Waals surface area contributed by atoms with Gasteiger partial charge in [-0.1, -0.05) is 5.16 Å². The molecule has 1 saturated heterocycles. The summed E-state index contributed by atoms with van der Waals surface area (Å²) < 4.78 is 13.4. The maximum absolute atomic E-state index is 13.4. The standard InChI is InChI=1S/C14H21FN4O/c1-14(2)9-19(7-6-18(14)3)12-5-4-10(15)8-11(12)13(16)17-20/h4-5,8,20H,6-7,9H2,1-3H3,(H2,16,17). The molecular weight excluding hydrogens is 259 g/mol. The summed E-state index contributed by atoms with van der Waals surface area (Å²) in [6.45, 7) is 6.83. The van der Waals surface area contributed by atoms with Crippen LogP contribution in [0, 0.1) is 5.82 Å². The van der Waals surface area contributed by atoms with Gasteiger partial charge in [0.1, 0.15) is 5.82 Å². The van der Waals surface area contributed by atoms with Crippen LogP contribution in [0.1, 0.15) is 19.4 Å². The van der Waals surface area contributed by atoms with Crippen LogP contribution >= 0.6 is 0 Å². The molecule has 5 nitrogen and oxygen atoms in total. The van der Waals surface area contributed by atoms with Crippen molar-refractivity contribution in [2.75, 3.05) is 31.6 Å². The Morgan fingerprint density at radius 2 is 2.10 bits per heavy atom. The normalized spacial score (nSPS) is 20.2. The SMILES string of the molecule is CN1CCN(c2ccc(F)cc2C(N)=NO)CC1(C)C. The van der Waals surface area contributed by atoms with E-state index in [1.54, 1.807) is 6.07 Å². The van der Waals surface area contributed by atoms with E-state index in [1.807, 2.05) is 0 Å². The summed E-state index contributed by atoms with van der Waals surface area (Å²) in [6, 6.07) is 4.38. The molecule has 0 saturated carbocycles. The Kier molecular flexibility index (Phi) is 3.85. The Labute approximate surface area is 118 Å². The molecule has 20 heavy (non-hydrogen) atoms. The van der Waals surface area contributed by atoms with Crippen molar-refractivity contribution in [3.63, 3.8) is 0 Å². The minimum Gasteiger partial charge on any atom is -0.409 e. The summed E-state index contributed by atoms with van der Waals surface area (Å²) in [5.74, 6) is -0.472. The van der Waals surface area contributed by atoms with Gasteiger partial charge in [-0.25, -0.2) is 4.39 Å². The molecule has 0 bridgehead atoms. The fraction of sp³-hybridized carbons (Fsp3) is 0.500. The predicted molar refractivity (Wildman–Crippen MR) is 77.8 cm³/mol. The minimum atomic E-state index is -0.399. The molecule has 0 spiro atoms. The Bertz CT molecular complexity index is 530. The van der Waals surface area contributed by atoms with Crippen molar-refractivity contribution >= 4 is 11.5 Å². The molecule has 110 valence electrons. The van der Waals surface area contributed by atoms with Gasteiger partial charge >= 0.3 is 0 Å². The monoisotopic (exact) mass is 280 g/mol. The van der Waals surface area contributed by atoms with Gasteiger partial charge in [0.05, 0.1) is 0 Å². The van der Waals surface area contributed by atoms with Gasteiger partial charge in [-0.3, -0.25) is 4.90 Å². The van der Waals surface area contributed by atoms with Gasteiger partial charge in [0.25, 0.3) is 0 Å². The van der Waals surface area contributed by atoms with Gasteiger partial charge < -0.3 is 15.8 Å². The number of rotatable bonds is 2. The van der Waals surface area contributed by atoms with Crippen LogP contribution in [0.3, 0.4) is 0 Å². The number of amidine groups is 1. The van der Waals surface area contributed by atoms with Crippen molar-refractivity contribution in [2.45, 2.75) is 19.4 Å². The molecule has 1 heterocycles. The van der Waals surface area contributed by atoms with E-state index in [4.69, 9.17) is 10.9 Å². The number of hydrogen-bond donors (Lipinski definition) is 2. The highest BCUT2D eigenvalue weighted by Gasteiger charge is 2.32. The number of benzene rings is 1. The van der Waals surface area contributed by atoms with Gasteiger partial charge in [0.2, 0.25) is 0 Å². The first-order valence-corrected chi connectivity index (χ1v) is 6.59. The van der Waals surface area contributed by atoms with E-state index in [1.165, 1.54) is 12.1 Å². The molecule has 6 heteroatoms. The number of piperazine rings is 1. The van der Waals surface area contributed by atoms with E-state index in [0.29, 0.717) is 5.56 Å². The fourth-order valence-corrected chi connectivity index (χ4v) is 2.49. The Morgan fingerprint density at radius 1 is 1.40 bits per heavy atom. The average Bonchev–Trinajstić information content (AvgIpc) is 2.41. The minimum absolute atomic E-state index is 0.00895. The number of anilines is 1. The van der Waals surface area contributed by atoms with Crippen LogP contribution in [0.15, 0.2) is 23.4 Å². The van der Waals surface area contributed by atoms with E-state index < -0.39 is 5.82 Å². The topological polar surface area (TPSA) is 65.1 Å². The first-order valence-electron chi connectivity index (χ1n) is 6.59. The molecule has 1 aromatic rings. The second-order valence-corrected chi connectivity index (χ2v) is 5.80. The van der Waals surface area contributed by atoms with Gasteiger partial charge in [-0.05, 0) is 39.1 Å². The van der Waals surface area contributed by atoms with Crippen molar-refractivity contribution in [1.29, 1.82) is 0 Å². The molecule has 0 atom stereocenters. The van der Waals surface area contributed by atoms with E-state index >= 15 is 0 Å². The van der Waals surface area contributed by atoms with Crippen molar-refractivity contribution in [3.05, 3.63) is 29.6 Å². The largest absolute Gasteiger partial charge is 0.409 e. The van der Waals surface area contributed by atoms with Gasteiger partial charge in [-0.2, -0.15) is 0 Å². The molecule has 0 aliphatic carbocycles. The third-order valence-electron chi connectivity index (χ3n) is 4.00. The Hall–Kier alpha value is -1.82. The summed E-state index contributed by atoms with van der Waals surface area (Å²) in [5, 5.41) is 11.9. The van der Waals surface area contributed by atoms with Crippen molar-refractivity contribution in [2.24, 2.45) is 10.9 Å². The molecule has 0 aromatic heterocycles. The molecule has 1 fully saturated rings. The van der Waals surface area contributed by atoms with Crippen LogP contribution in [0.5, 0.6) is 0 Å². The highest BCUT2D eigenvalue weighted by Crippen LogP contribution is 2.27. The number of likely N-dealkylation sites (N-methyl/N-ethyl adjacent to an activating group) is 1. The van der Waals surface area contributed by atoms with E-state index in [9.17, 15) is 4.39 Å². The lowest BCUT2D eigenvalue weighted by atomic mass is 9.98. The molecule has 1 aromatic carbocycles. The zero-order chi connectivity index (χ0) is 14.9. The third-order valence-corrected chi connectivity index (χ3v) is 4.00. The number of halogens is 1. The van der Waals surface area contributed by atoms with E-state index in [-0.39, 0.29) is 11.4 Å². The molecular formula is C14H21FN4O. The quantitative estimate of drug-likeness (QED) is 0.372. The van der Waals surface area contributed by atoms with Gasteiger partial charge in [-0.15, -0.1) is 0 Å². The molecule has 1 aliphatic heterocycles. The van der Waals surface area contributed by atoms with E-state index in [2.05, 4.69) is 35.9 Å². The second kappa shape index (κ2) is 5.28. The van der Waals surface area contributed by atoms with Crippen LogP contribution in [-0.2, 0) is 0 Å². The maximum Gasteiger partial charge on any atom is 0.172 e. The number of nitrogens with two attached hydrogens (primary N) is 1. The lowest BCUT2D eigenvalue weighted by Gasteiger charge is -2.46. The zero-order valence-corrected chi connectivity index (χ0v) is 12.1. The molecule has 0 radical (unpaired) electrons. The zero-order valence-electron chi connectivity index (χ0n) is 12.1. The Balaban J connectivity index is 2.38. The van der Waals surface area contributed by atoms with Crippen LogP contribution in [-0.4, -0.2) is 48.2 Å². The van der Waals surface area contributed by atoms with Crippen LogP contribution in [0.4, 0.5) is 10.1 Å². The van der Waals surface area contributed by atoms with Crippen molar-refractivity contribution in [3.8, 4) is 0 Å². The van der Waals surface area contributed by atoms with Gasteiger partial charge in [0, 0.05) is 36.4 Å². The van der Waals surface area contributed by atoms with Crippen LogP contribution in [0.2, 0.25) is 0 Å². The van der Waals surface area contributed by atoms with Gasteiger partial charge in [0.15, 0.2) is 5.84 Å². The first kappa shape index (κ1) is 14.6. The average molecular weight is 280 g/mol. The molecule has 3 N–H and O–H groups in total. The highest BCUT2D eigenvalue weighted by molar-refractivity contribution is 6.02. The third kappa shape index (κ3) is 2.70. The number of hydrogen-bond acceptors (Lipinski definition) is 4. The van der Waals surface area contributed by atoms with Crippen molar-refractivity contribution < 1.29 is 9.60 Å². The lowest BCUT2D eigenvalue weighted by molar-refractivity contribution is 0.139. The first-order chi connectivity index (χ1) is 9.35. The molecule has 2 rings (SSSR count). The lowest BCUT2D eigenvalue weighted by Crippen LogP contribution is -2.58. The smallest absolute Gasteiger partial charge is 0.172 e. The number of oxime groups is 1. The van der Waals surface area contributed by atoms with Crippen LogP contribution in [0.25, 0.3) is 0 Å². The van der Waals surface area contributed by atoms with E-state index in [0.717, 1.165) is 25.3 Å². The summed E-state index contributed by atoms with van der Waals surface area (Å²) in [6.07, 6.45) is 0. The summed E-state index contributed by atoms with van der Waals surface area (Å²) in [5.41, 5.74) is 6.89. The molecule has 0 unspecified atom stereocenters. The molecule has 0 amide bonds.